The number of nitrogens with zero attached hydrogens (tertiary/aromatic N) is 1. The highest BCUT2D eigenvalue weighted by Gasteiger charge is 2.39. The highest BCUT2D eigenvalue weighted by atomic mass is 19.4. The van der Waals surface area contributed by atoms with Gasteiger partial charge in [-0.15, -0.1) is 0 Å². The SMILES string of the molecule is C=C1CCCC2=C1[C@H](c1cccc(C#N)c1)C=C(C(F)(F)F)N2. The highest BCUT2D eigenvalue weighted by molar-refractivity contribution is 5.52. The number of hydrogen-bond acceptors (Lipinski definition) is 2. The third kappa shape index (κ3) is 2.89. The fraction of sp³-hybridized carbons (Fsp3) is 0.278. The molecule has 0 bridgehead atoms. The molecule has 0 aromatic heterocycles. The number of dihydropyridines is 1. The van der Waals surface area contributed by atoms with Crippen molar-refractivity contribution in [1.82, 2.24) is 5.32 Å². The smallest absolute Gasteiger partial charge is 0.355 e. The van der Waals surface area contributed by atoms with Crippen LogP contribution in [0.3, 0.4) is 0 Å². The van der Waals surface area contributed by atoms with Gasteiger partial charge in [0.05, 0.1) is 11.6 Å². The molecule has 3 rings (SSSR count). The van der Waals surface area contributed by atoms with Crippen LogP contribution in [0.5, 0.6) is 0 Å². The van der Waals surface area contributed by atoms with Crippen LogP contribution < -0.4 is 5.32 Å². The number of allylic oxidation sites excluding steroid dienone is 5. The molecule has 1 atom stereocenters. The average Bonchev–Trinajstić information content (AvgIpc) is 2.53. The van der Waals surface area contributed by atoms with Crippen molar-refractivity contribution in [3.05, 3.63) is 70.6 Å². The van der Waals surface area contributed by atoms with E-state index in [1.807, 2.05) is 6.07 Å². The van der Waals surface area contributed by atoms with E-state index in [0.29, 0.717) is 23.2 Å². The molecule has 23 heavy (non-hydrogen) atoms. The molecule has 0 saturated carbocycles. The third-order valence-electron chi connectivity index (χ3n) is 4.22. The minimum atomic E-state index is -4.43. The van der Waals surface area contributed by atoms with Gasteiger partial charge in [0.25, 0.3) is 0 Å². The van der Waals surface area contributed by atoms with Gasteiger partial charge in [0.1, 0.15) is 5.70 Å². The molecule has 1 aliphatic heterocycles. The zero-order valence-corrected chi connectivity index (χ0v) is 12.4. The van der Waals surface area contributed by atoms with E-state index >= 15 is 0 Å². The molecule has 0 radical (unpaired) electrons. The maximum Gasteiger partial charge on any atom is 0.430 e. The summed E-state index contributed by atoms with van der Waals surface area (Å²) >= 11 is 0. The Morgan fingerprint density at radius 1 is 1.26 bits per heavy atom. The molecule has 1 heterocycles. The molecule has 5 heteroatoms. The Balaban J connectivity index is 2.13. The summed E-state index contributed by atoms with van der Waals surface area (Å²) in [5, 5.41) is 11.6. The Morgan fingerprint density at radius 3 is 2.74 bits per heavy atom. The van der Waals surface area contributed by atoms with Gasteiger partial charge >= 0.3 is 6.18 Å². The molecule has 0 unspecified atom stereocenters. The maximum absolute atomic E-state index is 13.2. The van der Waals surface area contributed by atoms with Crippen LogP contribution >= 0.6 is 0 Å². The highest BCUT2D eigenvalue weighted by Crippen LogP contribution is 2.44. The predicted molar refractivity (Wildman–Crippen MR) is 81.2 cm³/mol. The first-order chi connectivity index (χ1) is 10.9. The van der Waals surface area contributed by atoms with Crippen molar-refractivity contribution in [3.8, 4) is 6.07 Å². The van der Waals surface area contributed by atoms with Gasteiger partial charge in [-0.05, 0) is 54.2 Å². The van der Waals surface area contributed by atoms with Crippen molar-refractivity contribution in [2.24, 2.45) is 0 Å². The number of hydrogen-bond donors (Lipinski definition) is 1. The summed E-state index contributed by atoms with van der Waals surface area (Å²) in [5.41, 5.74) is 2.68. The lowest BCUT2D eigenvalue weighted by atomic mass is 9.78. The molecular weight excluding hydrogens is 301 g/mol. The lowest BCUT2D eigenvalue weighted by Gasteiger charge is -2.34. The molecular formula is C18H15F3N2. The van der Waals surface area contributed by atoms with E-state index in [4.69, 9.17) is 5.26 Å². The molecule has 118 valence electrons. The summed E-state index contributed by atoms with van der Waals surface area (Å²) in [6, 6.07) is 8.78. The second-order valence-electron chi connectivity index (χ2n) is 5.77. The third-order valence-corrected chi connectivity index (χ3v) is 4.22. The lowest BCUT2D eigenvalue weighted by Crippen LogP contribution is -2.33. The standard InChI is InChI=1S/C18H15F3N2/c1-11-4-2-7-15-17(11)14(9-16(23-15)18(19,20)21)13-6-3-5-12(8-13)10-22/h3,5-6,8-9,14,23H,1-2,4,7H2/t14-/m0/s1. The van der Waals surface area contributed by atoms with E-state index in [1.54, 1.807) is 24.3 Å². The van der Waals surface area contributed by atoms with E-state index in [2.05, 4.69) is 11.9 Å². The average molecular weight is 316 g/mol. The van der Waals surface area contributed by atoms with Crippen LogP contribution in [-0.2, 0) is 0 Å². The molecule has 1 aromatic rings. The monoisotopic (exact) mass is 316 g/mol. The Hall–Kier alpha value is -2.48. The number of rotatable bonds is 1. The molecule has 0 fully saturated rings. The number of benzene rings is 1. The number of nitriles is 1. The quantitative estimate of drug-likeness (QED) is 0.816. The largest absolute Gasteiger partial charge is 0.430 e. The van der Waals surface area contributed by atoms with Crippen LogP contribution in [-0.4, -0.2) is 6.18 Å². The van der Waals surface area contributed by atoms with Gasteiger partial charge in [0.2, 0.25) is 0 Å². The summed E-state index contributed by atoms with van der Waals surface area (Å²) in [6.45, 7) is 4.03. The summed E-state index contributed by atoms with van der Waals surface area (Å²) in [7, 11) is 0. The van der Waals surface area contributed by atoms with Gasteiger partial charge in [-0.1, -0.05) is 18.7 Å². The van der Waals surface area contributed by atoms with Crippen LogP contribution in [0.1, 0.15) is 36.3 Å². The van der Waals surface area contributed by atoms with Crippen LogP contribution in [0.2, 0.25) is 0 Å². The molecule has 1 N–H and O–H groups in total. The summed E-state index contributed by atoms with van der Waals surface area (Å²) in [5.74, 6) is -0.524. The van der Waals surface area contributed by atoms with E-state index in [1.165, 1.54) is 6.08 Å². The lowest BCUT2D eigenvalue weighted by molar-refractivity contribution is -0.0965. The molecule has 0 spiro atoms. The maximum atomic E-state index is 13.2. The second kappa shape index (κ2) is 5.62. The van der Waals surface area contributed by atoms with Crippen molar-refractivity contribution in [3.63, 3.8) is 0 Å². The van der Waals surface area contributed by atoms with Crippen molar-refractivity contribution >= 4 is 0 Å². The van der Waals surface area contributed by atoms with Crippen molar-refractivity contribution < 1.29 is 13.2 Å². The Labute approximate surface area is 132 Å². The van der Waals surface area contributed by atoms with E-state index in [0.717, 1.165) is 24.0 Å². The minimum Gasteiger partial charge on any atom is -0.355 e. The molecule has 2 aliphatic rings. The van der Waals surface area contributed by atoms with Gasteiger partial charge < -0.3 is 5.32 Å². The molecule has 2 nitrogen and oxygen atoms in total. The first-order valence-corrected chi connectivity index (χ1v) is 7.37. The van der Waals surface area contributed by atoms with Crippen LogP contribution in [0, 0.1) is 11.3 Å². The first-order valence-electron chi connectivity index (χ1n) is 7.37. The molecule has 0 saturated heterocycles. The van der Waals surface area contributed by atoms with Crippen molar-refractivity contribution in [1.29, 1.82) is 5.26 Å². The van der Waals surface area contributed by atoms with Gasteiger partial charge in [0, 0.05) is 11.6 Å². The molecule has 1 aliphatic carbocycles. The normalized spacial score (nSPS) is 21.2. The fourth-order valence-electron chi connectivity index (χ4n) is 3.18. The molecule has 0 amide bonds. The van der Waals surface area contributed by atoms with Crippen LogP contribution in [0.15, 0.2) is 59.5 Å². The van der Waals surface area contributed by atoms with Crippen LogP contribution in [0.4, 0.5) is 13.2 Å². The number of halogens is 3. The molecule has 1 aromatic carbocycles. The van der Waals surface area contributed by atoms with Crippen molar-refractivity contribution in [2.45, 2.75) is 31.4 Å². The van der Waals surface area contributed by atoms with E-state index in [9.17, 15) is 13.2 Å². The van der Waals surface area contributed by atoms with Gasteiger partial charge in [-0.25, -0.2) is 0 Å². The fourth-order valence-corrected chi connectivity index (χ4v) is 3.18. The first kappa shape index (κ1) is 15.4. The summed E-state index contributed by atoms with van der Waals surface area (Å²) in [4.78, 5) is 0. The van der Waals surface area contributed by atoms with E-state index < -0.39 is 17.8 Å². The van der Waals surface area contributed by atoms with Crippen LogP contribution in [0.25, 0.3) is 0 Å². The Bertz CT molecular complexity index is 763. The Morgan fingerprint density at radius 2 is 2.04 bits per heavy atom. The van der Waals surface area contributed by atoms with E-state index in [-0.39, 0.29) is 0 Å². The zero-order valence-electron chi connectivity index (χ0n) is 12.4. The number of nitrogens with one attached hydrogen (secondary N) is 1. The van der Waals surface area contributed by atoms with Crippen molar-refractivity contribution in [2.75, 3.05) is 0 Å². The predicted octanol–water partition coefficient (Wildman–Crippen LogP) is 4.69. The van der Waals surface area contributed by atoms with Gasteiger partial charge in [-0.3, -0.25) is 0 Å². The minimum absolute atomic E-state index is 0.437. The topological polar surface area (TPSA) is 35.8 Å². The Kier molecular flexibility index (Phi) is 3.77. The summed E-state index contributed by atoms with van der Waals surface area (Å²) < 4.78 is 39.6. The zero-order chi connectivity index (χ0) is 16.6. The van der Waals surface area contributed by atoms with Gasteiger partial charge in [0.15, 0.2) is 0 Å². The van der Waals surface area contributed by atoms with Gasteiger partial charge in [-0.2, -0.15) is 18.4 Å². The second-order valence-corrected chi connectivity index (χ2v) is 5.77. The summed E-state index contributed by atoms with van der Waals surface area (Å²) in [6.07, 6.45) is -1.07. The number of alkyl halides is 3.